The molecule has 1 amide bonds. The summed E-state index contributed by atoms with van der Waals surface area (Å²) in [7, 11) is 0. The van der Waals surface area contributed by atoms with Gasteiger partial charge in [-0.15, -0.1) is 0 Å². The number of aromatic nitrogens is 1. The molecule has 5 heteroatoms. The molecular formula is C20H19FN2O2. The van der Waals surface area contributed by atoms with Crippen molar-refractivity contribution in [3.63, 3.8) is 0 Å². The van der Waals surface area contributed by atoms with Crippen molar-refractivity contribution in [2.24, 2.45) is 0 Å². The lowest BCUT2D eigenvalue weighted by Crippen LogP contribution is -2.17. The normalized spacial score (nSPS) is 10.8. The maximum Gasteiger partial charge on any atom is 0.251 e. The first-order chi connectivity index (χ1) is 11.9. The van der Waals surface area contributed by atoms with Crippen LogP contribution in [0.3, 0.4) is 0 Å². The Kier molecular flexibility index (Phi) is 4.65. The van der Waals surface area contributed by atoms with E-state index in [4.69, 9.17) is 0 Å². The van der Waals surface area contributed by atoms with Crippen LogP contribution in [0.1, 0.15) is 23.1 Å². The molecule has 0 unspecified atom stereocenters. The molecule has 0 aliphatic carbocycles. The van der Waals surface area contributed by atoms with E-state index >= 15 is 0 Å². The number of hydrogen-bond acceptors (Lipinski definition) is 2. The first kappa shape index (κ1) is 16.9. The molecule has 1 aromatic heterocycles. The van der Waals surface area contributed by atoms with Crippen molar-refractivity contribution >= 4 is 22.5 Å². The maximum absolute atomic E-state index is 13.2. The Morgan fingerprint density at radius 1 is 1.16 bits per heavy atom. The Hall–Kier alpha value is -2.95. The number of amides is 1. The van der Waals surface area contributed by atoms with Crippen molar-refractivity contribution in [3.05, 3.63) is 75.3 Å². The van der Waals surface area contributed by atoms with Gasteiger partial charge in [0.1, 0.15) is 5.82 Å². The number of carbonyl (C=O) groups excluding carboxylic acids is 1. The molecule has 3 aromatic rings. The number of aromatic amines is 1. The fourth-order valence-corrected chi connectivity index (χ4v) is 2.75. The van der Waals surface area contributed by atoms with E-state index in [1.807, 2.05) is 32.0 Å². The molecule has 2 aromatic carbocycles. The van der Waals surface area contributed by atoms with Gasteiger partial charge in [-0.2, -0.15) is 0 Å². The van der Waals surface area contributed by atoms with Crippen LogP contribution in [0, 0.1) is 19.7 Å². The highest BCUT2D eigenvalue weighted by Crippen LogP contribution is 2.18. The van der Waals surface area contributed by atoms with Crippen LogP contribution < -0.4 is 10.9 Å². The lowest BCUT2D eigenvalue weighted by molar-refractivity contribution is -0.116. The zero-order chi connectivity index (χ0) is 18.0. The van der Waals surface area contributed by atoms with Crippen LogP contribution >= 0.6 is 0 Å². The van der Waals surface area contributed by atoms with Crippen LogP contribution in [-0.4, -0.2) is 10.9 Å². The van der Waals surface area contributed by atoms with Crippen LogP contribution in [0.2, 0.25) is 0 Å². The number of H-pyrrole nitrogens is 1. The average Bonchev–Trinajstić information content (AvgIpc) is 2.57. The lowest BCUT2D eigenvalue weighted by atomic mass is 10.1. The Labute approximate surface area is 144 Å². The number of carbonyl (C=O) groups is 1. The van der Waals surface area contributed by atoms with Crippen LogP contribution in [0.5, 0.6) is 0 Å². The van der Waals surface area contributed by atoms with Gasteiger partial charge in [-0.25, -0.2) is 4.39 Å². The molecule has 128 valence electrons. The van der Waals surface area contributed by atoms with Crippen LogP contribution in [0.15, 0.2) is 47.3 Å². The highest BCUT2D eigenvalue weighted by atomic mass is 19.1. The van der Waals surface area contributed by atoms with Crippen LogP contribution in [0.4, 0.5) is 10.1 Å². The molecule has 25 heavy (non-hydrogen) atoms. The summed E-state index contributed by atoms with van der Waals surface area (Å²) in [4.78, 5) is 27.0. The zero-order valence-electron chi connectivity index (χ0n) is 14.2. The SMILES string of the molecule is Cc1cccc(NC(=O)CCc2cc3ccc(F)cc3[nH]c2=O)c1C. The van der Waals surface area contributed by atoms with Crippen molar-refractivity contribution < 1.29 is 9.18 Å². The van der Waals surface area contributed by atoms with Crippen molar-refractivity contribution in [2.75, 3.05) is 5.32 Å². The molecule has 0 atom stereocenters. The fraction of sp³-hybridized carbons (Fsp3) is 0.200. The number of fused-ring (bicyclic) bond motifs is 1. The summed E-state index contributed by atoms with van der Waals surface area (Å²) in [5, 5.41) is 3.63. The molecule has 0 saturated heterocycles. The highest BCUT2D eigenvalue weighted by Gasteiger charge is 2.09. The van der Waals surface area contributed by atoms with Gasteiger partial charge in [0.15, 0.2) is 0 Å². The number of aryl methyl sites for hydroxylation is 2. The third-order valence-electron chi connectivity index (χ3n) is 4.39. The topological polar surface area (TPSA) is 62.0 Å². The van der Waals surface area contributed by atoms with E-state index in [9.17, 15) is 14.0 Å². The number of nitrogens with one attached hydrogen (secondary N) is 2. The third kappa shape index (κ3) is 3.76. The molecule has 1 heterocycles. The molecule has 0 bridgehead atoms. The van der Waals surface area contributed by atoms with E-state index in [0.29, 0.717) is 17.5 Å². The van der Waals surface area contributed by atoms with Gasteiger partial charge in [-0.05, 0) is 67.1 Å². The molecule has 0 radical (unpaired) electrons. The lowest BCUT2D eigenvalue weighted by Gasteiger charge is -2.10. The smallest absolute Gasteiger partial charge is 0.251 e. The largest absolute Gasteiger partial charge is 0.326 e. The summed E-state index contributed by atoms with van der Waals surface area (Å²) >= 11 is 0. The monoisotopic (exact) mass is 338 g/mol. The van der Waals surface area contributed by atoms with Gasteiger partial charge in [0.25, 0.3) is 5.56 Å². The zero-order valence-corrected chi connectivity index (χ0v) is 14.2. The van der Waals surface area contributed by atoms with E-state index in [1.54, 1.807) is 12.1 Å². The van der Waals surface area contributed by atoms with E-state index in [0.717, 1.165) is 22.2 Å². The molecule has 0 spiro atoms. The number of anilines is 1. The third-order valence-corrected chi connectivity index (χ3v) is 4.39. The average molecular weight is 338 g/mol. The molecule has 0 aliphatic rings. The molecule has 3 rings (SSSR count). The Morgan fingerprint density at radius 3 is 2.76 bits per heavy atom. The number of hydrogen-bond donors (Lipinski definition) is 2. The summed E-state index contributed by atoms with van der Waals surface area (Å²) in [6, 6.07) is 11.7. The first-order valence-corrected chi connectivity index (χ1v) is 8.11. The van der Waals surface area contributed by atoms with Crippen molar-refractivity contribution in [2.45, 2.75) is 26.7 Å². The van der Waals surface area contributed by atoms with E-state index in [2.05, 4.69) is 10.3 Å². The standard InChI is InChI=1S/C20H19FN2O2/c1-12-4-3-5-17(13(12)2)22-19(24)9-7-15-10-14-6-8-16(21)11-18(14)23-20(15)25/h3-6,8,10-11H,7,9H2,1-2H3,(H,22,24)(H,23,25). The molecule has 0 aliphatic heterocycles. The van der Waals surface area contributed by atoms with Crippen LogP contribution in [-0.2, 0) is 11.2 Å². The van der Waals surface area contributed by atoms with Gasteiger partial charge in [0.2, 0.25) is 5.91 Å². The predicted molar refractivity (Wildman–Crippen MR) is 97.4 cm³/mol. The van der Waals surface area contributed by atoms with Gasteiger partial charge in [-0.3, -0.25) is 9.59 Å². The van der Waals surface area contributed by atoms with Gasteiger partial charge >= 0.3 is 0 Å². The summed E-state index contributed by atoms with van der Waals surface area (Å²) in [6.07, 6.45) is 0.516. The minimum Gasteiger partial charge on any atom is -0.326 e. The van der Waals surface area contributed by atoms with E-state index < -0.39 is 5.82 Å². The van der Waals surface area contributed by atoms with Gasteiger partial charge in [-0.1, -0.05) is 12.1 Å². The molecule has 2 N–H and O–H groups in total. The number of benzene rings is 2. The summed E-state index contributed by atoms with van der Waals surface area (Å²) in [6.45, 7) is 3.95. The molecule has 4 nitrogen and oxygen atoms in total. The summed E-state index contributed by atoms with van der Waals surface area (Å²) in [5.41, 5.74) is 3.59. The minimum atomic E-state index is -0.399. The number of pyridine rings is 1. The quantitative estimate of drug-likeness (QED) is 0.759. The van der Waals surface area contributed by atoms with E-state index in [1.165, 1.54) is 12.1 Å². The molecule has 0 saturated carbocycles. The van der Waals surface area contributed by atoms with Gasteiger partial charge in [0.05, 0.1) is 5.52 Å². The number of rotatable bonds is 4. The Morgan fingerprint density at radius 2 is 1.96 bits per heavy atom. The summed E-state index contributed by atoms with van der Waals surface area (Å²) < 4.78 is 13.2. The van der Waals surface area contributed by atoms with Crippen molar-refractivity contribution in [3.8, 4) is 0 Å². The van der Waals surface area contributed by atoms with Gasteiger partial charge < -0.3 is 10.3 Å². The second kappa shape index (κ2) is 6.89. The molecule has 0 fully saturated rings. The minimum absolute atomic E-state index is 0.146. The highest BCUT2D eigenvalue weighted by molar-refractivity contribution is 5.91. The van der Waals surface area contributed by atoms with Crippen LogP contribution in [0.25, 0.3) is 10.9 Å². The molecular weight excluding hydrogens is 319 g/mol. The Balaban J connectivity index is 1.73. The van der Waals surface area contributed by atoms with E-state index in [-0.39, 0.29) is 17.9 Å². The van der Waals surface area contributed by atoms with Crippen molar-refractivity contribution in [1.82, 2.24) is 4.98 Å². The first-order valence-electron chi connectivity index (χ1n) is 8.11. The Bertz CT molecular complexity index is 1010. The predicted octanol–water partition coefficient (Wildman–Crippen LogP) is 3.86. The second-order valence-electron chi connectivity index (χ2n) is 6.15. The second-order valence-corrected chi connectivity index (χ2v) is 6.15. The van der Waals surface area contributed by atoms with Crippen molar-refractivity contribution in [1.29, 1.82) is 0 Å². The summed E-state index contributed by atoms with van der Waals surface area (Å²) in [5.74, 6) is -0.545. The fourth-order valence-electron chi connectivity index (χ4n) is 2.75. The number of halogens is 1. The van der Waals surface area contributed by atoms with Gasteiger partial charge in [0, 0.05) is 17.7 Å². The maximum atomic E-state index is 13.2.